The fourth-order valence-corrected chi connectivity index (χ4v) is 4.55. The molecule has 1 saturated carbocycles. The number of aliphatic hydroxyl groups is 1. The molecule has 1 aromatic heterocycles. The highest BCUT2D eigenvalue weighted by atomic mass is 32.2. The van der Waals surface area contributed by atoms with Crippen LogP contribution in [0.4, 0.5) is 0 Å². The number of H-pyrrole nitrogens is 1. The average Bonchev–Trinajstić information content (AvgIpc) is 2.88. The van der Waals surface area contributed by atoms with E-state index in [0.717, 1.165) is 25.7 Å². The normalized spacial score (nSPS) is 24.5. The molecule has 0 spiro atoms. The standard InChI is InChI=1S/C12H20N2O3S2/c1-18-11-4-2-3-9(5-11)14-19(16,17)12-6-10(8-15)13-7-12/h6-7,9,11,13-15H,2-5,8H2,1H3. The van der Waals surface area contributed by atoms with E-state index in [9.17, 15) is 8.42 Å². The molecular formula is C12H20N2O3S2. The zero-order valence-electron chi connectivity index (χ0n) is 10.9. The molecule has 2 atom stereocenters. The Morgan fingerprint density at radius 3 is 2.95 bits per heavy atom. The Bertz CT molecular complexity index is 513. The number of aliphatic hydroxyl groups excluding tert-OH is 1. The van der Waals surface area contributed by atoms with Crippen LogP contribution in [0.3, 0.4) is 0 Å². The second-order valence-corrected chi connectivity index (χ2v) is 7.71. The third kappa shape index (κ3) is 3.75. The van der Waals surface area contributed by atoms with Gasteiger partial charge in [-0.05, 0) is 31.6 Å². The number of aromatic amines is 1. The van der Waals surface area contributed by atoms with Gasteiger partial charge >= 0.3 is 0 Å². The summed E-state index contributed by atoms with van der Waals surface area (Å²) in [5.41, 5.74) is 0.506. The van der Waals surface area contributed by atoms with Crippen LogP contribution in [0.1, 0.15) is 31.4 Å². The summed E-state index contributed by atoms with van der Waals surface area (Å²) in [7, 11) is -3.48. The number of rotatable bonds is 5. The van der Waals surface area contributed by atoms with E-state index in [1.807, 2.05) is 0 Å². The minimum atomic E-state index is -3.48. The van der Waals surface area contributed by atoms with Crippen molar-refractivity contribution in [3.63, 3.8) is 0 Å². The Kier molecular flexibility index (Phi) is 4.94. The highest BCUT2D eigenvalue weighted by Crippen LogP contribution is 2.27. The van der Waals surface area contributed by atoms with Gasteiger partial charge in [0.05, 0.1) is 11.5 Å². The monoisotopic (exact) mass is 304 g/mol. The molecule has 0 aliphatic heterocycles. The van der Waals surface area contributed by atoms with Crippen molar-refractivity contribution < 1.29 is 13.5 Å². The molecule has 19 heavy (non-hydrogen) atoms. The number of sulfonamides is 1. The molecule has 1 heterocycles. The summed E-state index contributed by atoms with van der Waals surface area (Å²) < 4.78 is 27.2. The maximum absolute atomic E-state index is 12.2. The molecule has 108 valence electrons. The predicted molar refractivity (Wildman–Crippen MR) is 76.6 cm³/mol. The number of thioether (sulfide) groups is 1. The lowest BCUT2D eigenvalue weighted by molar-refractivity contribution is 0.277. The van der Waals surface area contributed by atoms with Gasteiger partial charge in [0.2, 0.25) is 10.0 Å². The lowest BCUT2D eigenvalue weighted by atomic mass is 9.96. The lowest BCUT2D eigenvalue weighted by Crippen LogP contribution is -2.38. The molecular weight excluding hydrogens is 284 g/mol. The van der Waals surface area contributed by atoms with E-state index in [-0.39, 0.29) is 17.5 Å². The predicted octanol–water partition coefficient (Wildman–Crippen LogP) is 1.46. The Balaban J connectivity index is 2.04. The number of aromatic nitrogens is 1. The SMILES string of the molecule is CSC1CCCC(NS(=O)(=O)c2c[nH]c(CO)c2)C1. The van der Waals surface area contributed by atoms with Crippen LogP contribution in [0.25, 0.3) is 0 Å². The van der Waals surface area contributed by atoms with Crippen molar-refractivity contribution in [3.8, 4) is 0 Å². The molecule has 1 aliphatic carbocycles. The Hall–Kier alpha value is -0.500. The largest absolute Gasteiger partial charge is 0.390 e. The van der Waals surface area contributed by atoms with Gasteiger partial charge in [-0.25, -0.2) is 13.1 Å². The van der Waals surface area contributed by atoms with Crippen LogP contribution < -0.4 is 4.72 Å². The van der Waals surface area contributed by atoms with Crippen molar-refractivity contribution in [2.24, 2.45) is 0 Å². The highest BCUT2D eigenvalue weighted by Gasteiger charge is 2.26. The summed E-state index contributed by atoms with van der Waals surface area (Å²) in [6.45, 7) is -0.187. The molecule has 2 rings (SSSR count). The third-order valence-electron chi connectivity index (χ3n) is 3.48. The quantitative estimate of drug-likeness (QED) is 0.769. The van der Waals surface area contributed by atoms with Crippen LogP contribution in [-0.4, -0.2) is 36.1 Å². The molecule has 0 amide bonds. The summed E-state index contributed by atoms with van der Waals surface area (Å²) in [5, 5.41) is 9.50. The van der Waals surface area contributed by atoms with Crippen molar-refractivity contribution in [2.45, 2.75) is 48.5 Å². The third-order valence-corrected chi connectivity index (χ3v) is 6.07. The first kappa shape index (κ1) is 14.9. The van der Waals surface area contributed by atoms with E-state index in [2.05, 4.69) is 16.0 Å². The van der Waals surface area contributed by atoms with E-state index in [1.165, 1.54) is 12.3 Å². The van der Waals surface area contributed by atoms with Gasteiger partial charge in [-0.2, -0.15) is 11.8 Å². The Morgan fingerprint density at radius 1 is 1.53 bits per heavy atom. The molecule has 2 unspecified atom stereocenters. The van der Waals surface area contributed by atoms with Crippen molar-refractivity contribution in [1.82, 2.24) is 9.71 Å². The first-order valence-electron chi connectivity index (χ1n) is 6.38. The van der Waals surface area contributed by atoms with Crippen LogP contribution in [0.5, 0.6) is 0 Å². The fraction of sp³-hybridized carbons (Fsp3) is 0.667. The zero-order chi connectivity index (χ0) is 13.9. The number of hydrogen-bond donors (Lipinski definition) is 3. The second kappa shape index (κ2) is 6.30. The zero-order valence-corrected chi connectivity index (χ0v) is 12.6. The fourth-order valence-electron chi connectivity index (χ4n) is 2.42. The van der Waals surface area contributed by atoms with E-state index in [1.54, 1.807) is 11.8 Å². The molecule has 1 fully saturated rings. The lowest BCUT2D eigenvalue weighted by Gasteiger charge is -2.28. The van der Waals surface area contributed by atoms with Gasteiger partial charge in [-0.3, -0.25) is 0 Å². The molecule has 0 aromatic carbocycles. The van der Waals surface area contributed by atoms with E-state index in [0.29, 0.717) is 10.9 Å². The van der Waals surface area contributed by atoms with Crippen LogP contribution >= 0.6 is 11.8 Å². The minimum absolute atomic E-state index is 0.0173. The summed E-state index contributed by atoms with van der Waals surface area (Å²) in [6, 6.07) is 1.49. The molecule has 0 bridgehead atoms. The smallest absolute Gasteiger partial charge is 0.242 e. The first-order valence-corrected chi connectivity index (χ1v) is 9.15. The van der Waals surface area contributed by atoms with E-state index >= 15 is 0 Å². The molecule has 7 heteroatoms. The molecule has 0 saturated heterocycles. The average molecular weight is 304 g/mol. The van der Waals surface area contributed by atoms with Gasteiger partial charge in [0.25, 0.3) is 0 Å². The summed E-state index contributed by atoms with van der Waals surface area (Å²) in [5.74, 6) is 0. The van der Waals surface area contributed by atoms with Gasteiger partial charge in [-0.15, -0.1) is 0 Å². The van der Waals surface area contributed by atoms with Gasteiger partial charge in [0.1, 0.15) is 0 Å². The van der Waals surface area contributed by atoms with Crippen molar-refractivity contribution in [1.29, 1.82) is 0 Å². The second-order valence-electron chi connectivity index (χ2n) is 4.86. The molecule has 0 radical (unpaired) electrons. The molecule has 3 N–H and O–H groups in total. The van der Waals surface area contributed by atoms with Crippen molar-refractivity contribution >= 4 is 21.8 Å². The molecule has 1 aliphatic rings. The Morgan fingerprint density at radius 2 is 2.32 bits per heavy atom. The number of nitrogens with one attached hydrogen (secondary N) is 2. The van der Waals surface area contributed by atoms with Crippen LogP contribution in [0.15, 0.2) is 17.2 Å². The summed E-state index contributed by atoms with van der Waals surface area (Å²) in [6.07, 6.45) is 7.50. The van der Waals surface area contributed by atoms with E-state index in [4.69, 9.17) is 5.11 Å². The van der Waals surface area contributed by atoms with Crippen molar-refractivity contribution in [3.05, 3.63) is 18.0 Å². The van der Waals surface area contributed by atoms with Crippen LogP contribution in [0, 0.1) is 0 Å². The van der Waals surface area contributed by atoms with E-state index < -0.39 is 10.0 Å². The number of hydrogen-bond acceptors (Lipinski definition) is 4. The topological polar surface area (TPSA) is 82.2 Å². The minimum Gasteiger partial charge on any atom is -0.390 e. The summed E-state index contributed by atoms with van der Waals surface area (Å²) >= 11 is 1.80. The van der Waals surface area contributed by atoms with Gasteiger partial charge < -0.3 is 10.1 Å². The first-order chi connectivity index (χ1) is 9.05. The van der Waals surface area contributed by atoms with Crippen LogP contribution in [0.2, 0.25) is 0 Å². The molecule has 5 nitrogen and oxygen atoms in total. The molecule has 1 aromatic rings. The van der Waals surface area contributed by atoms with Crippen molar-refractivity contribution in [2.75, 3.05) is 6.26 Å². The van der Waals surface area contributed by atoms with Gasteiger partial charge in [0.15, 0.2) is 0 Å². The van der Waals surface area contributed by atoms with Crippen LogP contribution in [-0.2, 0) is 16.6 Å². The Labute approximate surface area is 118 Å². The van der Waals surface area contributed by atoms with Gasteiger partial charge in [0, 0.05) is 23.2 Å². The highest BCUT2D eigenvalue weighted by molar-refractivity contribution is 7.99. The van der Waals surface area contributed by atoms with Gasteiger partial charge in [-0.1, -0.05) is 6.42 Å². The maximum Gasteiger partial charge on any atom is 0.242 e. The maximum atomic E-state index is 12.2. The summed E-state index contributed by atoms with van der Waals surface area (Å²) in [4.78, 5) is 2.94.